The molecule has 0 unspecified atom stereocenters. The Morgan fingerprint density at radius 2 is 1.95 bits per heavy atom. The first-order valence-corrected chi connectivity index (χ1v) is 7.64. The minimum absolute atomic E-state index is 0.322. The number of furan rings is 1. The van der Waals surface area contributed by atoms with Crippen molar-refractivity contribution in [1.82, 2.24) is 9.97 Å². The van der Waals surface area contributed by atoms with Gasteiger partial charge in [-0.05, 0) is 18.2 Å². The van der Waals surface area contributed by atoms with Crippen molar-refractivity contribution in [3.05, 3.63) is 54.2 Å². The van der Waals surface area contributed by atoms with Gasteiger partial charge in [0.05, 0.1) is 17.5 Å². The highest BCUT2D eigenvalue weighted by molar-refractivity contribution is 7.98. The molecule has 20 heavy (non-hydrogen) atoms. The number of para-hydroxylation sites is 1. The molecule has 2 heterocycles. The second-order valence-corrected chi connectivity index (χ2v) is 5.89. The zero-order valence-electron chi connectivity index (χ0n) is 11.5. The van der Waals surface area contributed by atoms with Crippen LogP contribution >= 0.6 is 11.8 Å². The standard InChI is InChI=1S/C16H16N2OS/c1-11(2)15-17-14-8-4-3-7-13(14)16(18-15)20-10-12-6-5-9-19-12/h3-9,11H,10H2,1-2H3. The van der Waals surface area contributed by atoms with Gasteiger partial charge in [-0.15, -0.1) is 0 Å². The van der Waals surface area contributed by atoms with Crippen molar-refractivity contribution >= 4 is 22.7 Å². The highest BCUT2D eigenvalue weighted by atomic mass is 32.2. The molecular weight excluding hydrogens is 268 g/mol. The molecule has 3 rings (SSSR count). The van der Waals surface area contributed by atoms with E-state index in [1.54, 1.807) is 18.0 Å². The molecule has 1 aromatic carbocycles. The SMILES string of the molecule is CC(C)c1nc(SCc2ccco2)c2ccccc2n1. The van der Waals surface area contributed by atoms with E-state index in [1.165, 1.54) is 0 Å². The van der Waals surface area contributed by atoms with Crippen LogP contribution in [0.1, 0.15) is 31.4 Å². The second kappa shape index (κ2) is 5.67. The molecule has 102 valence electrons. The maximum atomic E-state index is 5.38. The quantitative estimate of drug-likeness (QED) is 0.517. The summed E-state index contributed by atoms with van der Waals surface area (Å²) in [6.45, 7) is 4.23. The minimum atomic E-state index is 0.322. The Kier molecular flexibility index (Phi) is 3.74. The van der Waals surface area contributed by atoms with Crippen molar-refractivity contribution in [2.24, 2.45) is 0 Å². The first-order chi connectivity index (χ1) is 9.74. The van der Waals surface area contributed by atoms with Crippen molar-refractivity contribution in [1.29, 1.82) is 0 Å². The van der Waals surface area contributed by atoms with Crippen LogP contribution in [0.25, 0.3) is 10.9 Å². The zero-order chi connectivity index (χ0) is 13.9. The third-order valence-electron chi connectivity index (χ3n) is 3.03. The lowest BCUT2D eigenvalue weighted by Crippen LogP contribution is -1.99. The van der Waals surface area contributed by atoms with Crippen LogP contribution in [0, 0.1) is 0 Å². The maximum Gasteiger partial charge on any atom is 0.132 e. The fraction of sp³-hybridized carbons (Fsp3) is 0.250. The van der Waals surface area contributed by atoms with Gasteiger partial charge in [0.2, 0.25) is 0 Å². The van der Waals surface area contributed by atoms with Gasteiger partial charge in [0, 0.05) is 11.3 Å². The van der Waals surface area contributed by atoms with Crippen LogP contribution in [-0.4, -0.2) is 9.97 Å². The summed E-state index contributed by atoms with van der Waals surface area (Å²) in [5.74, 6) is 2.96. The summed E-state index contributed by atoms with van der Waals surface area (Å²) in [5, 5.41) is 2.13. The van der Waals surface area contributed by atoms with Crippen LogP contribution in [0.15, 0.2) is 52.1 Å². The fourth-order valence-corrected chi connectivity index (χ4v) is 2.90. The Bertz CT molecular complexity index is 708. The molecule has 0 radical (unpaired) electrons. The highest BCUT2D eigenvalue weighted by Gasteiger charge is 2.11. The van der Waals surface area contributed by atoms with E-state index in [2.05, 4.69) is 24.9 Å². The lowest BCUT2D eigenvalue weighted by molar-refractivity contribution is 0.530. The molecule has 2 aromatic heterocycles. The third-order valence-corrected chi connectivity index (χ3v) is 4.05. The van der Waals surface area contributed by atoms with E-state index in [1.807, 2.05) is 30.3 Å². The summed E-state index contributed by atoms with van der Waals surface area (Å²) in [7, 11) is 0. The van der Waals surface area contributed by atoms with E-state index in [-0.39, 0.29) is 0 Å². The number of nitrogens with zero attached hydrogens (tertiary/aromatic N) is 2. The summed E-state index contributed by atoms with van der Waals surface area (Å²) >= 11 is 1.69. The number of hydrogen-bond acceptors (Lipinski definition) is 4. The molecule has 0 N–H and O–H groups in total. The summed E-state index contributed by atoms with van der Waals surface area (Å²) in [6.07, 6.45) is 1.70. The number of benzene rings is 1. The number of aromatic nitrogens is 2. The van der Waals surface area contributed by atoms with Crippen LogP contribution in [0.3, 0.4) is 0 Å². The molecule has 0 bridgehead atoms. The molecule has 3 nitrogen and oxygen atoms in total. The Morgan fingerprint density at radius 1 is 1.10 bits per heavy atom. The van der Waals surface area contributed by atoms with E-state index in [4.69, 9.17) is 9.40 Å². The molecule has 4 heteroatoms. The summed E-state index contributed by atoms with van der Waals surface area (Å²) in [6, 6.07) is 12.1. The van der Waals surface area contributed by atoms with E-state index >= 15 is 0 Å². The van der Waals surface area contributed by atoms with Crippen molar-refractivity contribution in [2.75, 3.05) is 0 Å². The molecule has 0 aliphatic rings. The number of fused-ring (bicyclic) bond motifs is 1. The topological polar surface area (TPSA) is 38.9 Å². The molecular formula is C16H16N2OS. The first-order valence-electron chi connectivity index (χ1n) is 6.66. The Labute approximate surface area is 122 Å². The maximum absolute atomic E-state index is 5.38. The molecule has 0 fully saturated rings. The largest absolute Gasteiger partial charge is 0.468 e. The third kappa shape index (κ3) is 2.70. The molecule has 0 saturated carbocycles. The van der Waals surface area contributed by atoms with Crippen LogP contribution < -0.4 is 0 Å². The predicted octanol–water partition coefficient (Wildman–Crippen LogP) is 4.64. The van der Waals surface area contributed by atoms with Gasteiger partial charge in [-0.2, -0.15) is 0 Å². The van der Waals surface area contributed by atoms with Crippen molar-refractivity contribution in [3.63, 3.8) is 0 Å². The highest BCUT2D eigenvalue weighted by Crippen LogP contribution is 2.29. The zero-order valence-corrected chi connectivity index (χ0v) is 12.4. The van der Waals surface area contributed by atoms with Crippen LogP contribution in [0.4, 0.5) is 0 Å². The Balaban J connectivity index is 1.98. The molecule has 0 aliphatic carbocycles. The Morgan fingerprint density at radius 3 is 2.70 bits per heavy atom. The average molecular weight is 284 g/mol. The normalized spacial score (nSPS) is 11.3. The molecule has 3 aromatic rings. The van der Waals surface area contributed by atoms with Crippen molar-refractivity contribution in [2.45, 2.75) is 30.5 Å². The van der Waals surface area contributed by atoms with Gasteiger partial charge in [-0.3, -0.25) is 0 Å². The molecule has 0 aliphatic heterocycles. The molecule has 0 atom stereocenters. The van der Waals surface area contributed by atoms with Crippen molar-refractivity contribution in [3.8, 4) is 0 Å². The summed E-state index contributed by atoms with van der Waals surface area (Å²) in [5.41, 5.74) is 1.01. The summed E-state index contributed by atoms with van der Waals surface area (Å²) < 4.78 is 5.38. The van der Waals surface area contributed by atoms with Gasteiger partial charge >= 0.3 is 0 Å². The van der Waals surface area contributed by atoms with Crippen LogP contribution in [-0.2, 0) is 5.75 Å². The van der Waals surface area contributed by atoms with Gasteiger partial charge in [0.15, 0.2) is 0 Å². The van der Waals surface area contributed by atoms with Gasteiger partial charge in [-0.25, -0.2) is 9.97 Å². The fourth-order valence-electron chi connectivity index (χ4n) is 1.97. The van der Waals surface area contributed by atoms with E-state index < -0.39 is 0 Å². The number of thioether (sulfide) groups is 1. The van der Waals surface area contributed by atoms with E-state index in [0.717, 1.165) is 33.3 Å². The monoisotopic (exact) mass is 284 g/mol. The van der Waals surface area contributed by atoms with Gasteiger partial charge in [-0.1, -0.05) is 43.8 Å². The number of hydrogen-bond donors (Lipinski definition) is 0. The van der Waals surface area contributed by atoms with Gasteiger partial charge in [0.25, 0.3) is 0 Å². The average Bonchev–Trinajstić information content (AvgIpc) is 2.97. The first kappa shape index (κ1) is 13.2. The molecule has 0 amide bonds. The Hall–Kier alpha value is -1.81. The minimum Gasteiger partial charge on any atom is -0.468 e. The van der Waals surface area contributed by atoms with Crippen LogP contribution in [0.2, 0.25) is 0 Å². The smallest absolute Gasteiger partial charge is 0.132 e. The second-order valence-electron chi connectivity index (χ2n) is 4.93. The predicted molar refractivity (Wildman–Crippen MR) is 81.9 cm³/mol. The van der Waals surface area contributed by atoms with Gasteiger partial charge in [0.1, 0.15) is 16.6 Å². The van der Waals surface area contributed by atoms with E-state index in [9.17, 15) is 0 Å². The summed E-state index contributed by atoms with van der Waals surface area (Å²) in [4.78, 5) is 9.34. The van der Waals surface area contributed by atoms with Crippen LogP contribution in [0.5, 0.6) is 0 Å². The van der Waals surface area contributed by atoms with Crippen molar-refractivity contribution < 1.29 is 4.42 Å². The van der Waals surface area contributed by atoms with E-state index in [0.29, 0.717) is 5.92 Å². The lowest BCUT2D eigenvalue weighted by Gasteiger charge is -2.09. The lowest BCUT2D eigenvalue weighted by atomic mass is 10.2. The number of rotatable bonds is 4. The van der Waals surface area contributed by atoms with Gasteiger partial charge < -0.3 is 4.42 Å². The molecule has 0 saturated heterocycles. The molecule has 0 spiro atoms.